The average molecular weight is 333 g/mol. The molecule has 124 valence electrons. The van der Waals surface area contributed by atoms with Crippen LogP contribution in [0.1, 0.15) is 19.3 Å². The SMILES string of the molecule is O=C1CCCC2=CC(OCC3=C=C=C(/C=C/C(O)NO)C#C3)=C=C=C12. The lowest BCUT2D eigenvalue weighted by atomic mass is 9.87. The van der Waals surface area contributed by atoms with Gasteiger partial charge >= 0.3 is 0 Å². The topological polar surface area (TPSA) is 78.8 Å². The number of rotatable bonds is 6. The number of hydroxylamine groups is 1. The molecule has 3 N–H and O–H groups in total. The molecule has 5 heteroatoms. The first-order valence-electron chi connectivity index (χ1n) is 7.81. The molecule has 0 aromatic heterocycles. The largest absolute Gasteiger partial charge is 0.479 e. The highest BCUT2D eigenvalue weighted by Gasteiger charge is 2.21. The zero-order valence-electron chi connectivity index (χ0n) is 13.3. The quantitative estimate of drug-likeness (QED) is 0.299. The molecule has 0 amide bonds. The number of allylic oxidation sites excluding steroid dienone is 5. The van der Waals surface area contributed by atoms with Crippen LogP contribution in [0, 0.1) is 11.8 Å². The van der Waals surface area contributed by atoms with Crippen LogP contribution in [0.25, 0.3) is 0 Å². The maximum Gasteiger partial charge on any atom is 0.171 e. The normalized spacial score (nSPS) is 19.1. The van der Waals surface area contributed by atoms with Crippen molar-refractivity contribution in [2.24, 2.45) is 0 Å². The zero-order valence-corrected chi connectivity index (χ0v) is 13.3. The van der Waals surface area contributed by atoms with Crippen LogP contribution in [-0.4, -0.2) is 28.9 Å². The highest BCUT2D eigenvalue weighted by Crippen LogP contribution is 2.28. The van der Waals surface area contributed by atoms with Crippen molar-refractivity contribution in [2.45, 2.75) is 25.5 Å². The van der Waals surface area contributed by atoms with E-state index in [1.807, 2.05) is 6.08 Å². The summed E-state index contributed by atoms with van der Waals surface area (Å²) in [7, 11) is 0. The number of aliphatic hydroxyl groups excluding tert-OH is 1. The summed E-state index contributed by atoms with van der Waals surface area (Å²) in [6, 6.07) is 0. The monoisotopic (exact) mass is 333 g/mol. The van der Waals surface area contributed by atoms with Crippen LogP contribution in [0.3, 0.4) is 0 Å². The van der Waals surface area contributed by atoms with Gasteiger partial charge in [0.2, 0.25) is 0 Å². The highest BCUT2D eigenvalue weighted by atomic mass is 16.5. The molecule has 1 unspecified atom stereocenters. The standard InChI is InChI=1S/C20H15NO4/c22-19-3-1-2-16-12-17(9-10-18(16)19)25-13-15-6-4-14(5-7-15)8-11-20(23)21-24/h8,11-12,20-21,23-24H,1-3,13H2/b11-8+. The molecule has 1 atom stereocenters. The summed E-state index contributed by atoms with van der Waals surface area (Å²) in [4.78, 5) is 11.8. The van der Waals surface area contributed by atoms with E-state index in [1.54, 1.807) is 5.48 Å². The summed E-state index contributed by atoms with van der Waals surface area (Å²) in [5.41, 5.74) is 15.9. The fraction of sp³-hybridized carbons (Fsp3) is 0.250. The molecule has 0 saturated heterocycles. The van der Waals surface area contributed by atoms with E-state index in [1.165, 1.54) is 12.2 Å². The third-order valence-electron chi connectivity index (χ3n) is 3.71. The van der Waals surface area contributed by atoms with E-state index in [9.17, 15) is 4.79 Å². The van der Waals surface area contributed by atoms with Crippen LogP contribution in [0.15, 0.2) is 69.2 Å². The van der Waals surface area contributed by atoms with Gasteiger partial charge in [-0.1, -0.05) is 29.0 Å². The number of Topliss-reactive ketones (excluding diaryl/α,β-unsaturated/α-hetero) is 1. The van der Waals surface area contributed by atoms with E-state index in [0.717, 1.165) is 18.4 Å². The average Bonchev–Trinajstić information content (AvgIpc) is 2.65. The van der Waals surface area contributed by atoms with Crippen molar-refractivity contribution in [1.82, 2.24) is 5.48 Å². The Morgan fingerprint density at radius 2 is 2.12 bits per heavy atom. The van der Waals surface area contributed by atoms with E-state index in [0.29, 0.717) is 28.9 Å². The highest BCUT2D eigenvalue weighted by molar-refractivity contribution is 6.00. The number of hydrogen-bond donors (Lipinski definition) is 3. The van der Waals surface area contributed by atoms with Gasteiger partial charge in [0, 0.05) is 6.42 Å². The predicted molar refractivity (Wildman–Crippen MR) is 88.8 cm³/mol. The molecule has 0 bridgehead atoms. The number of carbonyl (C=O) groups is 1. The first-order valence-corrected chi connectivity index (χ1v) is 7.81. The van der Waals surface area contributed by atoms with Gasteiger partial charge in [-0.15, -0.1) is 0 Å². The maximum atomic E-state index is 11.8. The van der Waals surface area contributed by atoms with Crippen molar-refractivity contribution in [3.8, 4) is 11.8 Å². The summed E-state index contributed by atoms with van der Waals surface area (Å²) in [6.07, 6.45) is 5.79. The van der Waals surface area contributed by atoms with E-state index in [-0.39, 0.29) is 12.4 Å². The van der Waals surface area contributed by atoms with Crippen LogP contribution < -0.4 is 5.48 Å². The van der Waals surface area contributed by atoms with Crippen molar-refractivity contribution in [2.75, 3.05) is 6.61 Å². The molecule has 0 aromatic carbocycles. The minimum atomic E-state index is -1.16. The first-order chi connectivity index (χ1) is 12.2. The van der Waals surface area contributed by atoms with Gasteiger partial charge in [0.05, 0.1) is 16.7 Å². The van der Waals surface area contributed by atoms with Crippen LogP contribution in [0.4, 0.5) is 0 Å². The van der Waals surface area contributed by atoms with Crippen LogP contribution in [0.5, 0.6) is 0 Å². The van der Waals surface area contributed by atoms with Gasteiger partial charge in [0.1, 0.15) is 12.8 Å². The lowest BCUT2D eigenvalue weighted by Gasteiger charge is -2.17. The molecule has 0 spiro atoms. The fourth-order valence-electron chi connectivity index (χ4n) is 2.44. The molecule has 0 heterocycles. The second kappa shape index (κ2) is 7.71. The molecule has 3 aliphatic carbocycles. The summed E-state index contributed by atoms with van der Waals surface area (Å²) < 4.78 is 5.65. The Kier molecular flexibility index (Phi) is 5.19. The number of carbonyl (C=O) groups excluding carboxylic acids is 1. The Morgan fingerprint density at radius 3 is 2.88 bits per heavy atom. The van der Waals surface area contributed by atoms with Crippen molar-refractivity contribution in [3.05, 3.63) is 69.2 Å². The van der Waals surface area contributed by atoms with Crippen molar-refractivity contribution in [1.29, 1.82) is 0 Å². The minimum absolute atomic E-state index is 0.111. The number of fused-ring (bicyclic) bond motifs is 1. The second-order valence-corrected chi connectivity index (χ2v) is 5.55. The molecule has 3 aliphatic rings. The predicted octanol–water partition coefficient (Wildman–Crippen LogP) is 1.74. The molecule has 1 saturated carbocycles. The summed E-state index contributed by atoms with van der Waals surface area (Å²) in [5.74, 6) is 6.37. The zero-order chi connectivity index (χ0) is 17.6. The second-order valence-electron chi connectivity index (χ2n) is 5.55. The van der Waals surface area contributed by atoms with Crippen molar-refractivity contribution < 1.29 is 19.8 Å². The van der Waals surface area contributed by atoms with E-state index >= 15 is 0 Å². The van der Waals surface area contributed by atoms with Gasteiger partial charge in [0.15, 0.2) is 11.5 Å². The first kappa shape index (κ1) is 16.8. The molecule has 0 aromatic rings. The Balaban J connectivity index is 1.69. The number of ketones is 1. The van der Waals surface area contributed by atoms with E-state index in [2.05, 4.69) is 34.8 Å². The Morgan fingerprint density at radius 1 is 1.24 bits per heavy atom. The van der Waals surface area contributed by atoms with E-state index in [4.69, 9.17) is 15.1 Å². The smallest absolute Gasteiger partial charge is 0.171 e. The number of hydrogen-bond acceptors (Lipinski definition) is 5. The molecular formula is C20H15NO4. The van der Waals surface area contributed by atoms with Crippen molar-refractivity contribution >= 4 is 5.78 Å². The third-order valence-corrected chi connectivity index (χ3v) is 3.71. The molecule has 25 heavy (non-hydrogen) atoms. The van der Waals surface area contributed by atoms with Gasteiger partial charge in [-0.3, -0.25) is 4.79 Å². The molecular weight excluding hydrogens is 318 g/mol. The Labute approximate surface area is 145 Å². The summed E-state index contributed by atoms with van der Waals surface area (Å²) in [5, 5.41) is 17.6. The molecule has 0 aliphatic heterocycles. The van der Waals surface area contributed by atoms with E-state index < -0.39 is 6.23 Å². The third kappa shape index (κ3) is 4.29. The minimum Gasteiger partial charge on any atom is -0.479 e. The van der Waals surface area contributed by atoms with Gasteiger partial charge in [-0.05, 0) is 42.4 Å². The van der Waals surface area contributed by atoms with Crippen LogP contribution in [-0.2, 0) is 9.53 Å². The molecule has 0 radical (unpaired) electrons. The molecule has 5 nitrogen and oxygen atoms in total. The van der Waals surface area contributed by atoms with Gasteiger partial charge < -0.3 is 15.1 Å². The van der Waals surface area contributed by atoms with Gasteiger partial charge in [-0.25, -0.2) is 0 Å². The lowest BCUT2D eigenvalue weighted by Crippen LogP contribution is -2.22. The van der Waals surface area contributed by atoms with Gasteiger partial charge in [-0.2, -0.15) is 5.48 Å². The van der Waals surface area contributed by atoms with Crippen molar-refractivity contribution in [3.63, 3.8) is 0 Å². The molecule has 1 fully saturated rings. The fourth-order valence-corrected chi connectivity index (χ4v) is 2.44. The Hall–Kier alpha value is -3.01. The maximum absolute atomic E-state index is 11.8. The lowest BCUT2D eigenvalue weighted by molar-refractivity contribution is -0.115. The number of ether oxygens (including phenoxy) is 1. The van der Waals surface area contributed by atoms with Crippen LogP contribution in [0.2, 0.25) is 0 Å². The van der Waals surface area contributed by atoms with Gasteiger partial charge in [0.25, 0.3) is 0 Å². The Bertz CT molecular complexity index is 941. The number of aliphatic hydroxyl groups is 1. The summed E-state index contributed by atoms with van der Waals surface area (Å²) >= 11 is 0. The number of nitrogens with one attached hydrogen (secondary N) is 1. The summed E-state index contributed by atoms with van der Waals surface area (Å²) in [6.45, 7) is 0.217. The van der Waals surface area contributed by atoms with Crippen LogP contribution >= 0.6 is 0 Å². The molecule has 3 rings (SSSR count).